The van der Waals surface area contributed by atoms with Crippen LogP contribution < -0.4 is 0 Å². The van der Waals surface area contributed by atoms with Crippen molar-refractivity contribution < 1.29 is 0 Å². The van der Waals surface area contributed by atoms with Crippen molar-refractivity contribution in [2.24, 2.45) is 31.5 Å². The topological polar surface area (TPSA) is 52.7 Å². The molecule has 0 spiro atoms. The van der Waals surface area contributed by atoms with Gasteiger partial charge in [-0.3, -0.25) is 9.98 Å². The van der Waals surface area contributed by atoms with Gasteiger partial charge in [0.2, 0.25) is 0 Å². The van der Waals surface area contributed by atoms with Gasteiger partial charge in [0.25, 0.3) is 0 Å². The Bertz CT molecular complexity index is 618. The predicted molar refractivity (Wildman–Crippen MR) is 142 cm³/mol. The van der Waals surface area contributed by atoms with Crippen molar-refractivity contribution in [1.29, 1.82) is 0 Å². The van der Waals surface area contributed by atoms with E-state index in [4.69, 9.17) is 4.99 Å². The van der Waals surface area contributed by atoms with E-state index in [1.807, 2.05) is 6.21 Å². The summed E-state index contributed by atoms with van der Waals surface area (Å²) in [6, 6.07) is 0.0327. The van der Waals surface area contributed by atoms with Crippen molar-refractivity contribution in [3.8, 4) is 0 Å². The van der Waals surface area contributed by atoms with Crippen molar-refractivity contribution in [3.63, 3.8) is 0 Å². The molecule has 0 aromatic carbocycles. The molecule has 3 unspecified atom stereocenters. The summed E-state index contributed by atoms with van der Waals surface area (Å²) in [6.45, 7) is 18.3. The maximum Gasteiger partial charge on any atom is 0.118 e. The second-order valence-corrected chi connectivity index (χ2v) is 9.92. The van der Waals surface area contributed by atoms with E-state index in [0.29, 0.717) is 12.0 Å². The molecule has 0 amide bonds. The molecule has 0 radical (unpaired) electrons. The molecule has 1 aliphatic heterocycles. The highest BCUT2D eigenvalue weighted by atomic mass is 15.2. The first kappa shape index (κ1) is 28.7. The number of hydrogen-bond donors (Lipinski definition) is 0. The average molecular weight is 446 g/mol. The summed E-state index contributed by atoms with van der Waals surface area (Å²) in [5, 5.41) is 8.56. The first-order valence-corrected chi connectivity index (χ1v) is 13.1. The van der Waals surface area contributed by atoms with Crippen LogP contribution in [-0.2, 0) is 0 Å². The van der Waals surface area contributed by atoms with Crippen LogP contribution in [0, 0.1) is 11.3 Å². The minimum atomic E-state index is 0.0327. The standard InChI is InChI=1S/C27H51N5/c1-8-11-16-27(6,19-23(4)5)24-14-12-17-32(18-15-24)22-26(31-28-7)21-29-20-25(13-9-2)30-10-3/h19,21,24,26H,8-18,20,22H2,1-7H3. The lowest BCUT2D eigenvalue weighted by atomic mass is 9.69. The summed E-state index contributed by atoms with van der Waals surface area (Å²) in [7, 11) is 1.76. The fourth-order valence-electron chi connectivity index (χ4n) is 5.14. The van der Waals surface area contributed by atoms with Gasteiger partial charge in [-0.25, -0.2) is 0 Å². The Balaban J connectivity index is 2.76. The quantitative estimate of drug-likeness (QED) is 0.161. The molecule has 0 N–H and O–H groups in total. The maximum absolute atomic E-state index is 4.69. The van der Waals surface area contributed by atoms with Crippen LogP contribution in [0.25, 0.3) is 0 Å². The van der Waals surface area contributed by atoms with Gasteiger partial charge in [0.05, 0.1) is 6.54 Å². The van der Waals surface area contributed by atoms with E-state index < -0.39 is 0 Å². The van der Waals surface area contributed by atoms with Gasteiger partial charge in [-0.2, -0.15) is 10.2 Å². The molecular weight excluding hydrogens is 394 g/mol. The number of unbranched alkanes of at least 4 members (excludes halogenated alkanes) is 1. The largest absolute Gasteiger partial charge is 0.301 e. The molecule has 0 aromatic heterocycles. The van der Waals surface area contributed by atoms with E-state index in [1.165, 1.54) is 49.8 Å². The smallest absolute Gasteiger partial charge is 0.118 e. The Morgan fingerprint density at radius 2 is 1.91 bits per heavy atom. The van der Waals surface area contributed by atoms with Crippen LogP contribution >= 0.6 is 0 Å². The van der Waals surface area contributed by atoms with Gasteiger partial charge in [0, 0.05) is 32.1 Å². The summed E-state index contributed by atoms with van der Waals surface area (Å²) >= 11 is 0. The van der Waals surface area contributed by atoms with E-state index in [-0.39, 0.29) is 6.04 Å². The maximum atomic E-state index is 4.69. The Hall–Kier alpha value is -1.36. The highest BCUT2D eigenvalue weighted by Crippen LogP contribution is 2.41. The lowest BCUT2D eigenvalue weighted by molar-refractivity contribution is 0.199. The molecule has 1 heterocycles. The second kappa shape index (κ2) is 16.3. The zero-order valence-corrected chi connectivity index (χ0v) is 22.2. The van der Waals surface area contributed by atoms with E-state index in [1.54, 1.807) is 7.05 Å². The minimum absolute atomic E-state index is 0.0327. The molecule has 1 saturated heterocycles. The van der Waals surface area contributed by atoms with Crippen molar-refractivity contribution in [3.05, 3.63) is 11.6 Å². The summed E-state index contributed by atoms with van der Waals surface area (Å²) in [4.78, 5) is 11.9. The van der Waals surface area contributed by atoms with E-state index in [0.717, 1.165) is 44.9 Å². The fourth-order valence-corrected chi connectivity index (χ4v) is 5.14. The van der Waals surface area contributed by atoms with E-state index >= 15 is 0 Å². The molecule has 0 aliphatic carbocycles. The summed E-state index contributed by atoms with van der Waals surface area (Å²) in [6.07, 6.45) is 14.5. The molecule has 0 bridgehead atoms. The summed E-state index contributed by atoms with van der Waals surface area (Å²) in [5.41, 5.74) is 2.98. The zero-order chi connectivity index (χ0) is 23.8. The molecule has 5 nitrogen and oxygen atoms in total. The predicted octanol–water partition coefficient (Wildman–Crippen LogP) is 7.03. The molecular formula is C27H51N5. The van der Waals surface area contributed by atoms with Crippen molar-refractivity contribution in [1.82, 2.24) is 4.90 Å². The number of nitrogens with zero attached hydrogens (tertiary/aromatic N) is 5. The SMILES string of the molecule is CCCCC(C)(C=C(C)C)C1CCCN(CC(C=NCC(CCC)=NCC)N=NC)CC1. The molecule has 0 saturated carbocycles. The second-order valence-electron chi connectivity index (χ2n) is 9.92. The van der Waals surface area contributed by atoms with Gasteiger partial charge >= 0.3 is 0 Å². The van der Waals surface area contributed by atoms with Crippen LogP contribution in [0.15, 0.2) is 31.9 Å². The van der Waals surface area contributed by atoms with Crippen molar-refractivity contribution in [2.45, 2.75) is 99.0 Å². The van der Waals surface area contributed by atoms with Gasteiger partial charge in [-0.1, -0.05) is 51.7 Å². The lowest BCUT2D eigenvalue weighted by Gasteiger charge is -2.36. The zero-order valence-electron chi connectivity index (χ0n) is 22.2. The normalized spacial score (nSPS) is 21.6. The highest BCUT2D eigenvalue weighted by molar-refractivity contribution is 5.87. The number of azo groups is 1. The molecule has 1 rings (SSSR count). The third-order valence-electron chi connectivity index (χ3n) is 6.62. The van der Waals surface area contributed by atoms with Gasteiger partial charge in [0.1, 0.15) is 6.04 Å². The summed E-state index contributed by atoms with van der Waals surface area (Å²) in [5.74, 6) is 0.760. The Kier molecular flexibility index (Phi) is 14.6. The number of hydrogen-bond acceptors (Lipinski definition) is 5. The Morgan fingerprint density at radius 1 is 1.12 bits per heavy atom. The van der Waals surface area contributed by atoms with Gasteiger partial charge < -0.3 is 4.90 Å². The Labute approximate surface area is 199 Å². The molecule has 0 aromatic rings. The monoisotopic (exact) mass is 445 g/mol. The number of allylic oxidation sites excluding steroid dienone is 2. The third kappa shape index (κ3) is 11.0. The number of likely N-dealkylation sites (tertiary alicyclic amines) is 1. The van der Waals surface area contributed by atoms with Crippen LogP contribution in [0.1, 0.15) is 92.9 Å². The highest BCUT2D eigenvalue weighted by Gasteiger charge is 2.33. The van der Waals surface area contributed by atoms with Crippen LogP contribution in [0.4, 0.5) is 0 Å². The molecule has 1 aliphatic rings. The molecule has 32 heavy (non-hydrogen) atoms. The first-order chi connectivity index (χ1) is 15.4. The molecule has 5 heteroatoms. The van der Waals surface area contributed by atoms with Crippen molar-refractivity contribution in [2.75, 3.05) is 39.8 Å². The first-order valence-electron chi connectivity index (χ1n) is 13.1. The van der Waals surface area contributed by atoms with Gasteiger partial charge in [-0.05, 0) is 77.3 Å². The molecule has 1 fully saturated rings. The van der Waals surface area contributed by atoms with Crippen LogP contribution in [0.3, 0.4) is 0 Å². The van der Waals surface area contributed by atoms with Gasteiger partial charge in [0.15, 0.2) is 0 Å². The fraction of sp³-hybridized carbons (Fsp3) is 0.852. The van der Waals surface area contributed by atoms with Crippen LogP contribution in [0.5, 0.6) is 0 Å². The van der Waals surface area contributed by atoms with Crippen LogP contribution in [-0.4, -0.2) is 62.6 Å². The molecule has 184 valence electrons. The van der Waals surface area contributed by atoms with E-state index in [2.05, 4.69) is 67.7 Å². The van der Waals surface area contributed by atoms with Gasteiger partial charge in [-0.15, -0.1) is 0 Å². The Morgan fingerprint density at radius 3 is 2.53 bits per heavy atom. The average Bonchev–Trinajstić information content (AvgIpc) is 2.98. The molecule has 3 atom stereocenters. The number of aliphatic imine (C=N–C) groups is 2. The summed E-state index contributed by atoms with van der Waals surface area (Å²) < 4.78 is 0. The van der Waals surface area contributed by atoms with Crippen molar-refractivity contribution >= 4 is 11.9 Å². The van der Waals surface area contributed by atoms with E-state index in [9.17, 15) is 0 Å². The number of rotatable bonds is 14. The lowest BCUT2D eigenvalue weighted by Crippen LogP contribution is -2.34. The van der Waals surface area contributed by atoms with Crippen LogP contribution in [0.2, 0.25) is 0 Å². The minimum Gasteiger partial charge on any atom is -0.301 e. The third-order valence-corrected chi connectivity index (χ3v) is 6.62.